The number of halogens is 1. The van der Waals surface area contributed by atoms with Crippen molar-refractivity contribution in [3.8, 4) is 0 Å². The highest BCUT2D eigenvalue weighted by Gasteiger charge is 1.99. The minimum Gasteiger partial charge on any atom is -0.355 e. The summed E-state index contributed by atoms with van der Waals surface area (Å²) in [6, 6.07) is 4.23. The van der Waals surface area contributed by atoms with E-state index in [0.29, 0.717) is 0 Å². The molecule has 15 heavy (non-hydrogen) atoms. The van der Waals surface area contributed by atoms with Crippen molar-refractivity contribution in [2.45, 2.75) is 6.42 Å². The Kier molecular flexibility index (Phi) is 3.43. The number of anilines is 1. The third kappa shape index (κ3) is 2.82. The number of nitrogens with one attached hydrogen (secondary N) is 1. The van der Waals surface area contributed by atoms with E-state index in [1.807, 2.05) is 17.8 Å². The highest BCUT2D eigenvalue weighted by Crippen LogP contribution is 2.22. The Balaban J connectivity index is 1.83. The van der Waals surface area contributed by atoms with Crippen molar-refractivity contribution in [3.05, 3.63) is 33.2 Å². The first-order valence-corrected chi connectivity index (χ1v) is 6.32. The maximum Gasteiger partial charge on any atom is 0.202 e. The third-order valence-electron chi connectivity index (χ3n) is 2.10. The van der Waals surface area contributed by atoms with E-state index in [4.69, 9.17) is 0 Å². The molecule has 2 aromatic heterocycles. The second-order valence-electron chi connectivity index (χ2n) is 3.24. The van der Waals surface area contributed by atoms with E-state index >= 15 is 0 Å². The van der Waals surface area contributed by atoms with Crippen molar-refractivity contribution in [3.63, 3.8) is 0 Å². The molecule has 0 aliphatic rings. The van der Waals surface area contributed by atoms with Crippen LogP contribution in [-0.4, -0.2) is 16.1 Å². The van der Waals surface area contributed by atoms with E-state index in [1.54, 1.807) is 17.5 Å². The van der Waals surface area contributed by atoms with Gasteiger partial charge in [-0.3, -0.25) is 0 Å². The molecule has 0 aromatic carbocycles. The van der Waals surface area contributed by atoms with E-state index < -0.39 is 0 Å². The zero-order valence-electron chi connectivity index (χ0n) is 8.40. The first-order chi connectivity index (χ1) is 7.25. The Labute approximate surface area is 101 Å². The maximum absolute atomic E-state index is 4.20. The fraction of sp³-hybridized carbons (Fsp3) is 0.300. The molecule has 0 saturated heterocycles. The quantitative estimate of drug-likeness (QED) is 0.936. The molecule has 2 heterocycles. The lowest BCUT2D eigenvalue weighted by molar-refractivity contribution is 0.893. The van der Waals surface area contributed by atoms with Crippen LogP contribution in [0.1, 0.15) is 4.88 Å². The Morgan fingerprint density at radius 3 is 3.00 bits per heavy atom. The summed E-state index contributed by atoms with van der Waals surface area (Å²) < 4.78 is 3.17. The summed E-state index contributed by atoms with van der Waals surface area (Å²) in [5, 5.41) is 3.29. The molecule has 0 unspecified atom stereocenters. The number of hydrogen-bond donors (Lipinski definition) is 1. The zero-order chi connectivity index (χ0) is 10.7. The van der Waals surface area contributed by atoms with Crippen molar-refractivity contribution < 1.29 is 0 Å². The third-order valence-corrected chi connectivity index (χ3v) is 3.79. The van der Waals surface area contributed by atoms with Gasteiger partial charge < -0.3 is 9.88 Å². The molecule has 0 fully saturated rings. The summed E-state index contributed by atoms with van der Waals surface area (Å²) in [5.74, 6) is 0.922. The van der Waals surface area contributed by atoms with Gasteiger partial charge in [0.2, 0.25) is 5.95 Å². The van der Waals surface area contributed by atoms with Crippen LogP contribution >= 0.6 is 27.3 Å². The standard InChI is InChI=1S/C10H12BrN3S/c1-14-7-6-13-10(14)12-5-4-8-2-3-9(11)15-8/h2-3,6-7H,4-5H2,1H3,(H,12,13). The summed E-state index contributed by atoms with van der Waals surface area (Å²) in [5.41, 5.74) is 0. The van der Waals surface area contributed by atoms with Gasteiger partial charge in [0, 0.05) is 30.9 Å². The molecule has 0 amide bonds. The molecule has 0 atom stereocenters. The molecule has 5 heteroatoms. The van der Waals surface area contributed by atoms with E-state index in [-0.39, 0.29) is 0 Å². The van der Waals surface area contributed by atoms with E-state index in [2.05, 4.69) is 38.4 Å². The lowest BCUT2D eigenvalue weighted by atomic mass is 10.3. The monoisotopic (exact) mass is 285 g/mol. The van der Waals surface area contributed by atoms with Crippen molar-refractivity contribution in [1.29, 1.82) is 0 Å². The minimum absolute atomic E-state index is 0.914. The Hall–Kier alpha value is -0.810. The molecule has 0 radical (unpaired) electrons. The molecule has 0 aliphatic heterocycles. The van der Waals surface area contributed by atoms with E-state index in [0.717, 1.165) is 18.9 Å². The molecule has 0 spiro atoms. The van der Waals surface area contributed by atoms with Crippen molar-refractivity contribution in [2.24, 2.45) is 7.05 Å². The number of rotatable bonds is 4. The molecule has 0 aliphatic carbocycles. The lowest BCUT2D eigenvalue weighted by Gasteiger charge is -2.04. The highest BCUT2D eigenvalue weighted by molar-refractivity contribution is 9.11. The molecule has 3 nitrogen and oxygen atoms in total. The van der Waals surface area contributed by atoms with Gasteiger partial charge in [-0.2, -0.15) is 0 Å². The van der Waals surface area contributed by atoms with Gasteiger partial charge in [0.25, 0.3) is 0 Å². The zero-order valence-corrected chi connectivity index (χ0v) is 10.8. The van der Waals surface area contributed by atoms with Gasteiger partial charge >= 0.3 is 0 Å². The van der Waals surface area contributed by atoms with Gasteiger partial charge in [-0.25, -0.2) is 4.98 Å². The average molecular weight is 286 g/mol. The average Bonchev–Trinajstić information content (AvgIpc) is 2.77. The van der Waals surface area contributed by atoms with Crippen LogP contribution in [0.3, 0.4) is 0 Å². The van der Waals surface area contributed by atoms with Gasteiger partial charge in [0.15, 0.2) is 0 Å². The van der Waals surface area contributed by atoms with Crippen molar-refractivity contribution in [2.75, 3.05) is 11.9 Å². The number of hydrogen-bond acceptors (Lipinski definition) is 3. The Bertz CT molecular complexity index is 435. The van der Waals surface area contributed by atoms with E-state index in [9.17, 15) is 0 Å². The molecule has 0 bridgehead atoms. The summed E-state index contributed by atoms with van der Waals surface area (Å²) in [6.07, 6.45) is 4.76. The fourth-order valence-corrected chi connectivity index (χ4v) is 2.80. The number of thiophene rings is 1. The minimum atomic E-state index is 0.914. The van der Waals surface area contributed by atoms with Crippen LogP contribution in [0.5, 0.6) is 0 Å². The smallest absolute Gasteiger partial charge is 0.202 e. The van der Waals surface area contributed by atoms with Crippen LogP contribution in [-0.2, 0) is 13.5 Å². The van der Waals surface area contributed by atoms with Crippen LogP contribution in [0.4, 0.5) is 5.95 Å². The van der Waals surface area contributed by atoms with Crippen LogP contribution in [0, 0.1) is 0 Å². The van der Waals surface area contributed by atoms with Gasteiger partial charge in [-0.1, -0.05) is 0 Å². The Morgan fingerprint density at radius 1 is 1.53 bits per heavy atom. The summed E-state index contributed by atoms with van der Waals surface area (Å²) in [6.45, 7) is 0.914. The number of aryl methyl sites for hydroxylation is 1. The Morgan fingerprint density at radius 2 is 2.40 bits per heavy atom. The predicted octanol–water partition coefficient (Wildman–Crippen LogP) is 2.90. The largest absolute Gasteiger partial charge is 0.355 e. The molecule has 0 saturated carbocycles. The normalized spacial score (nSPS) is 10.5. The van der Waals surface area contributed by atoms with Crippen LogP contribution in [0.15, 0.2) is 28.3 Å². The van der Waals surface area contributed by atoms with E-state index in [1.165, 1.54) is 8.66 Å². The summed E-state index contributed by atoms with van der Waals surface area (Å²) >= 11 is 5.23. The molecule has 1 N–H and O–H groups in total. The summed E-state index contributed by atoms with van der Waals surface area (Å²) in [7, 11) is 1.98. The highest BCUT2D eigenvalue weighted by atomic mass is 79.9. The van der Waals surface area contributed by atoms with Crippen LogP contribution in [0.2, 0.25) is 0 Å². The molecule has 2 aromatic rings. The topological polar surface area (TPSA) is 29.9 Å². The van der Waals surface area contributed by atoms with Crippen LogP contribution in [0.25, 0.3) is 0 Å². The van der Waals surface area contributed by atoms with Crippen molar-refractivity contribution in [1.82, 2.24) is 9.55 Å². The number of aromatic nitrogens is 2. The van der Waals surface area contributed by atoms with Gasteiger partial charge in [0.1, 0.15) is 0 Å². The summed E-state index contributed by atoms with van der Waals surface area (Å²) in [4.78, 5) is 5.58. The van der Waals surface area contributed by atoms with Gasteiger partial charge in [0.05, 0.1) is 3.79 Å². The predicted molar refractivity (Wildman–Crippen MR) is 67.4 cm³/mol. The van der Waals surface area contributed by atoms with Gasteiger partial charge in [-0.05, 0) is 34.5 Å². The fourth-order valence-electron chi connectivity index (χ4n) is 1.32. The molecular formula is C10H12BrN3S. The van der Waals surface area contributed by atoms with Gasteiger partial charge in [-0.15, -0.1) is 11.3 Å². The first-order valence-electron chi connectivity index (χ1n) is 4.71. The van der Waals surface area contributed by atoms with Crippen LogP contribution < -0.4 is 5.32 Å². The second-order valence-corrected chi connectivity index (χ2v) is 5.79. The lowest BCUT2D eigenvalue weighted by Crippen LogP contribution is -2.08. The van der Waals surface area contributed by atoms with Crippen molar-refractivity contribution >= 4 is 33.2 Å². The SMILES string of the molecule is Cn1ccnc1NCCc1ccc(Br)s1. The first kappa shape index (κ1) is 10.7. The molecule has 80 valence electrons. The number of imidazole rings is 1. The second kappa shape index (κ2) is 4.81. The molecule has 2 rings (SSSR count). The number of nitrogens with zero attached hydrogens (tertiary/aromatic N) is 2. The maximum atomic E-state index is 4.20. The molecular weight excluding hydrogens is 274 g/mol.